The van der Waals surface area contributed by atoms with Crippen molar-refractivity contribution in [3.63, 3.8) is 0 Å². The largest absolute Gasteiger partial charge is 0.463 e. The van der Waals surface area contributed by atoms with Gasteiger partial charge in [-0.3, -0.25) is 0 Å². The van der Waals surface area contributed by atoms with Gasteiger partial charge in [-0.25, -0.2) is 0 Å². The zero-order valence-electron chi connectivity index (χ0n) is 11.6. The van der Waals surface area contributed by atoms with Gasteiger partial charge in [0.2, 0.25) is 5.79 Å². The first-order chi connectivity index (χ1) is 8.57. The molecule has 0 aliphatic heterocycles. The fourth-order valence-corrected chi connectivity index (χ4v) is 1.73. The molecule has 1 aromatic rings. The van der Waals surface area contributed by atoms with Gasteiger partial charge in [-0.1, -0.05) is 30.4 Å². The summed E-state index contributed by atoms with van der Waals surface area (Å²) >= 11 is 0. The van der Waals surface area contributed by atoms with Crippen molar-refractivity contribution < 1.29 is 9.47 Å². The van der Waals surface area contributed by atoms with Gasteiger partial charge in [0.1, 0.15) is 5.75 Å². The summed E-state index contributed by atoms with van der Waals surface area (Å²) in [6, 6.07) is 9.71. The monoisotopic (exact) mass is 249 g/mol. The third-order valence-corrected chi connectivity index (χ3v) is 2.35. The minimum absolute atomic E-state index is 0.00119. The van der Waals surface area contributed by atoms with Crippen LogP contribution in [0, 0.1) is 0 Å². The van der Waals surface area contributed by atoms with E-state index in [1.54, 1.807) is 0 Å². The highest BCUT2D eigenvalue weighted by molar-refractivity contribution is 5.21. The molecule has 0 amide bonds. The topological polar surface area (TPSA) is 30.5 Å². The van der Waals surface area contributed by atoms with Crippen LogP contribution in [0.3, 0.4) is 0 Å². The zero-order chi connectivity index (χ0) is 13.4. The van der Waals surface area contributed by atoms with Gasteiger partial charge in [0.05, 0.1) is 6.10 Å². The number of nitrogens with one attached hydrogen (secondary N) is 1. The van der Waals surface area contributed by atoms with Crippen molar-refractivity contribution in [2.45, 2.75) is 32.7 Å². The Morgan fingerprint density at radius 2 is 1.94 bits per heavy atom. The lowest BCUT2D eigenvalue weighted by molar-refractivity contribution is -0.174. The molecule has 1 N–H and O–H groups in total. The molecule has 0 saturated carbocycles. The maximum absolute atomic E-state index is 5.95. The lowest BCUT2D eigenvalue weighted by Gasteiger charge is -2.30. The standard InChI is InChI=1S/C15H23NO2/c1-5-9-14(12-16-4)18-15(2,3)17-13-10-7-6-8-11-13/h5-11,14,16H,12H2,1-4H3/b9-5+/t14-/m1/s1. The quantitative estimate of drug-likeness (QED) is 0.595. The highest BCUT2D eigenvalue weighted by atomic mass is 16.7. The van der Waals surface area contributed by atoms with Crippen LogP contribution in [0.25, 0.3) is 0 Å². The van der Waals surface area contributed by atoms with E-state index >= 15 is 0 Å². The Labute approximate surface area is 110 Å². The number of hydrogen-bond acceptors (Lipinski definition) is 3. The van der Waals surface area contributed by atoms with Crippen LogP contribution in [0.1, 0.15) is 20.8 Å². The molecule has 3 heteroatoms. The SMILES string of the molecule is C/C=C/[C@H](CNC)OC(C)(C)Oc1ccccc1. The molecule has 0 radical (unpaired) electrons. The molecule has 3 nitrogen and oxygen atoms in total. The first-order valence-electron chi connectivity index (χ1n) is 6.26. The number of ether oxygens (including phenoxy) is 2. The van der Waals surface area contributed by atoms with Gasteiger partial charge in [-0.2, -0.15) is 0 Å². The van der Waals surface area contributed by atoms with Crippen molar-refractivity contribution >= 4 is 0 Å². The van der Waals surface area contributed by atoms with Crippen LogP contribution < -0.4 is 10.1 Å². The minimum atomic E-state index is -0.664. The van der Waals surface area contributed by atoms with Gasteiger partial charge in [0.15, 0.2) is 0 Å². The van der Waals surface area contributed by atoms with Crippen molar-refractivity contribution in [3.8, 4) is 5.75 Å². The minimum Gasteiger partial charge on any atom is -0.463 e. The summed E-state index contributed by atoms with van der Waals surface area (Å²) < 4.78 is 11.8. The smallest absolute Gasteiger partial charge is 0.205 e. The van der Waals surface area contributed by atoms with E-state index in [1.807, 2.05) is 70.3 Å². The van der Waals surface area contributed by atoms with Crippen LogP contribution >= 0.6 is 0 Å². The summed E-state index contributed by atoms with van der Waals surface area (Å²) in [6.45, 7) is 6.58. The van der Waals surface area contributed by atoms with Gasteiger partial charge in [-0.05, 0) is 26.1 Å². The summed E-state index contributed by atoms with van der Waals surface area (Å²) in [5.41, 5.74) is 0. The number of para-hydroxylation sites is 1. The van der Waals surface area contributed by atoms with E-state index < -0.39 is 5.79 Å². The van der Waals surface area contributed by atoms with E-state index in [1.165, 1.54) is 0 Å². The highest BCUT2D eigenvalue weighted by Gasteiger charge is 2.24. The maximum Gasteiger partial charge on any atom is 0.205 e. The lowest BCUT2D eigenvalue weighted by Crippen LogP contribution is -2.39. The summed E-state index contributed by atoms with van der Waals surface area (Å²) in [4.78, 5) is 0. The Hall–Kier alpha value is -1.32. The average molecular weight is 249 g/mol. The Kier molecular flexibility index (Phi) is 5.89. The molecule has 1 rings (SSSR count). The van der Waals surface area contributed by atoms with Crippen LogP contribution in [0.2, 0.25) is 0 Å². The molecule has 0 bridgehead atoms. The molecule has 0 heterocycles. The number of rotatable bonds is 7. The van der Waals surface area contributed by atoms with Crippen LogP contribution in [-0.4, -0.2) is 25.5 Å². The van der Waals surface area contributed by atoms with E-state index in [4.69, 9.17) is 9.47 Å². The Bertz CT molecular complexity index is 360. The predicted molar refractivity (Wildman–Crippen MR) is 74.8 cm³/mol. The third-order valence-electron chi connectivity index (χ3n) is 2.35. The van der Waals surface area contributed by atoms with Gasteiger partial charge in [0, 0.05) is 20.4 Å². The predicted octanol–water partition coefficient (Wildman–Crippen LogP) is 2.98. The molecule has 0 saturated heterocycles. The summed E-state index contributed by atoms with van der Waals surface area (Å²) in [5, 5.41) is 3.11. The highest BCUT2D eigenvalue weighted by Crippen LogP contribution is 2.20. The average Bonchev–Trinajstić information content (AvgIpc) is 2.29. The first kappa shape index (κ1) is 14.7. The Morgan fingerprint density at radius 3 is 2.50 bits per heavy atom. The first-order valence-corrected chi connectivity index (χ1v) is 6.26. The molecular formula is C15H23NO2. The molecule has 100 valence electrons. The maximum atomic E-state index is 5.95. The van der Waals surface area contributed by atoms with Gasteiger partial charge in [0.25, 0.3) is 0 Å². The van der Waals surface area contributed by atoms with E-state index in [0.717, 1.165) is 12.3 Å². The second kappa shape index (κ2) is 7.19. The molecule has 0 unspecified atom stereocenters. The normalized spacial score (nSPS) is 13.8. The molecule has 1 aromatic carbocycles. The van der Waals surface area contributed by atoms with Crippen molar-refractivity contribution in [3.05, 3.63) is 42.5 Å². The van der Waals surface area contributed by atoms with Crippen LogP contribution in [0.15, 0.2) is 42.5 Å². The van der Waals surface area contributed by atoms with Crippen molar-refractivity contribution in [2.75, 3.05) is 13.6 Å². The van der Waals surface area contributed by atoms with E-state index in [9.17, 15) is 0 Å². The van der Waals surface area contributed by atoms with E-state index in [0.29, 0.717) is 0 Å². The zero-order valence-corrected chi connectivity index (χ0v) is 11.6. The van der Waals surface area contributed by atoms with E-state index in [2.05, 4.69) is 5.32 Å². The van der Waals surface area contributed by atoms with Crippen LogP contribution in [-0.2, 0) is 4.74 Å². The van der Waals surface area contributed by atoms with Gasteiger partial charge >= 0.3 is 0 Å². The summed E-state index contributed by atoms with van der Waals surface area (Å²) in [5.74, 6) is 0.147. The lowest BCUT2D eigenvalue weighted by atomic mass is 10.3. The van der Waals surface area contributed by atoms with Gasteiger partial charge < -0.3 is 14.8 Å². The Morgan fingerprint density at radius 1 is 1.28 bits per heavy atom. The second-order valence-electron chi connectivity index (χ2n) is 4.55. The van der Waals surface area contributed by atoms with Crippen LogP contribution in [0.5, 0.6) is 5.75 Å². The third kappa shape index (κ3) is 5.34. The number of benzene rings is 1. The van der Waals surface area contributed by atoms with Crippen LogP contribution in [0.4, 0.5) is 0 Å². The fourth-order valence-electron chi connectivity index (χ4n) is 1.73. The molecule has 18 heavy (non-hydrogen) atoms. The molecule has 0 aromatic heterocycles. The molecule has 0 aliphatic carbocycles. The van der Waals surface area contributed by atoms with Gasteiger partial charge in [-0.15, -0.1) is 0 Å². The fraction of sp³-hybridized carbons (Fsp3) is 0.467. The Balaban J connectivity index is 2.62. The second-order valence-corrected chi connectivity index (χ2v) is 4.55. The molecule has 0 aliphatic rings. The number of hydrogen-bond donors (Lipinski definition) is 1. The van der Waals surface area contributed by atoms with Crippen molar-refractivity contribution in [1.29, 1.82) is 0 Å². The number of allylic oxidation sites excluding steroid dienone is 1. The molecular weight excluding hydrogens is 226 g/mol. The van der Waals surface area contributed by atoms with E-state index in [-0.39, 0.29) is 6.10 Å². The van der Waals surface area contributed by atoms with Crippen molar-refractivity contribution in [2.24, 2.45) is 0 Å². The molecule has 0 fully saturated rings. The number of likely N-dealkylation sites (N-methyl/N-ethyl adjacent to an activating group) is 1. The summed E-state index contributed by atoms with van der Waals surface area (Å²) in [7, 11) is 1.91. The molecule has 0 spiro atoms. The molecule has 1 atom stereocenters. The summed E-state index contributed by atoms with van der Waals surface area (Å²) in [6.07, 6.45) is 4.01. The van der Waals surface area contributed by atoms with Crippen molar-refractivity contribution in [1.82, 2.24) is 5.32 Å².